The number of piperazine rings is 1. The molecule has 2 saturated heterocycles. The highest BCUT2D eigenvalue weighted by Crippen LogP contribution is 2.36. The molecule has 0 saturated carbocycles. The molecule has 2 aliphatic heterocycles. The number of rotatable bonds is 5. The Labute approximate surface area is 171 Å². The number of fused-ring (bicyclic) bond motifs is 1. The Morgan fingerprint density at radius 1 is 1.22 bits per heavy atom. The van der Waals surface area contributed by atoms with Gasteiger partial charge in [0.15, 0.2) is 8.32 Å². The van der Waals surface area contributed by atoms with E-state index < -0.39 is 8.32 Å². The quantitative estimate of drug-likeness (QED) is 0.637. The van der Waals surface area contributed by atoms with Crippen LogP contribution in [0.3, 0.4) is 0 Å². The van der Waals surface area contributed by atoms with E-state index in [2.05, 4.69) is 64.7 Å². The summed E-state index contributed by atoms with van der Waals surface area (Å²) in [7, 11) is -1.78. The van der Waals surface area contributed by atoms with Gasteiger partial charge in [-0.15, -0.1) is 0 Å². The number of aromatic nitrogens is 2. The number of anilines is 1. The minimum atomic E-state index is -1.78. The molecule has 9 heteroatoms. The first kappa shape index (κ1) is 20.5. The lowest BCUT2D eigenvalue weighted by Gasteiger charge is -2.36. The van der Waals surface area contributed by atoms with Crippen LogP contribution in [0, 0.1) is 0 Å². The molecule has 0 spiro atoms. The first-order chi connectivity index (χ1) is 12.6. The fraction of sp³-hybridized carbons (Fsp3) is 0.722. The third kappa shape index (κ3) is 4.46. The predicted octanol–water partition coefficient (Wildman–Crippen LogP) is 3.19. The number of urea groups is 1. The maximum atomic E-state index is 12.7. The second-order valence-corrected chi connectivity index (χ2v) is 14.6. The maximum absolute atomic E-state index is 12.7. The third-order valence-corrected chi connectivity index (χ3v) is 10.9. The summed E-state index contributed by atoms with van der Waals surface area (Å²) in [6.07, 6.45) is 3.53. The standard InChI is InChI=1S/C18H30BrN5O2Si/c1-18(2,3)27(4,5)26-9-8-23-13-15-12-22(6-7-24(15)17(23)25)16-20-10-14(19)11-21-16/h10-11,15H,6-9,12-13H2,1-5H3. The van der Waals surface area contributed by atoms with Crippen LogP contribution in [0.4, 0.5) is 10.7 Å². The van der Waals surface area contributed by atoms with E-state index in [9.17, 15) is 4.79 Å². The Hall–Kier alpha value is -1.19. The smallest absolute Gasteiger partial charge is 0.320 e. The molecule has 1 aromatic heterocycles. The number of halogens is 1. The lowest BCUT2D eigenvalue weighted by molar-refractivity contribution is 0.174. The topological polar surface area (TPSA) is 61.8 Å². The second-order valence-electron chi connectivity index (χ2n) is 8.83. The van der Waals surface area contributed by atoms with Gasteiger partial charge in [0, 0.05) is 45.1 Å². The summed E-state index contributed by atoms with van der Waals surface area (Å²) < 4.78 is 7.12. The van der Waals surface area contributed by atoms with Crippen molar-refractivity contribution in [2.24, 2.45) is 0 Å². The van der Waals surface area contributed by atoms with Crippen LogP contribution >= 0.6 is 15.9 Å². The normalized spacial score (nSPS) is 21.0. The average Bonchev–Trinajstić information content (AvgIpc) is 2.90. The highest BCUT2D eigenvalue weighted by molar-refractivity contribution is 9.10. The van der Waals surface area contributed by atoms with Crippen molar-refractivity contribution >= 4 is 36.2 Å². The van der Waals surface area contributed by atoms with E-state index >= 15 is 0 Å². The first-order valence-corrected chi connectivity index (χ1v) is 13.2. The van der Waals surface area contributed by atoms with Gasteiger partial charge in [-0.05, 0) is 34.1 Å². The minimum Gasteiger partial charge on any atom is -0.415 e. The zero-order valence-corrected chi connectivity index (χ0v) is 19.5. The molecule has 150 valence electrons. The molecule has 2 amide bonds. The van der Waals surface area contributed by atoms with Crippen molar-refractivity contribution in [3.8, 4) is 0 Å². The predicted molar refractivity (Wildman–Crippen MR) is 113 cm³/mol. The second kappa shape index (κ2) is 7.67. The Morgan fingerprint density at radius 2 is 1.89 bits per heavy atom. The highest BCUT2D eigenvalue weighted by atomic mass is 79.9. The van der Waals surface area contributed by atoms with Gasteiger partial charge in [0.05, 0.1) is 17.1 Å². The molecular weight excluding hydrogens is 426 g/mol. The van der Waals surface area contributed by atoms with Gasteiger partial charge in [-0.25, -0.2) is 14.8 Å². The summed E-state index contributed by atoms with van der Waals surface area (Å²) >= 11 is 3.37. The highest BCUT2D eigenvalue weighted by Gasteiger charge is 2.42. The van der Waals surface area contributed by atoms with E-state index in [1.807, 2.05) is 9.80 Å². The molecule has 3 rings (SSSR count). The van der Waals surface area contributed by atoms with Gasteiger partial charge in [0.1, 0.15) is 0 Å². The van der Waals surface area contributed by atoms with Crippen molar-refractivity contribution < 1.29 is 9.22 Å². The van der Waals surface area contributed by atoms with Gasteiger partial charge < -0.3 is 19.1 Å². The van der Waals surface area contributed by atoms with E-state index in [1.165, 1.54) is 0 Å². The van der Waals surface area contributed by atoms with Crippen molar-refractivity contribution in [1.29, 1.82) is 0 Å². The van der Waals surface area contributed by atoms with Gasteiger partial charge in [0.25, 0.3) is 0 Å². The molecule has 0 aromatic carbocycles. The van der Waals surface area contributed by atoms with Gasteiger partial charge in [-0.3, -0.25) is 0 Å². The Balaban J connectivity index is 1.55. The number of nitrogens with zero attached hydrogens (tertiary/aromatic N) is 5. The van der Waals surface area contributed by atoms with E-state index in [1.54, 1.807) is 12.4 Å². The van der Waals surface area contributed by atoms with Crippen LogP contribution in [0.5, 0.6) is 0 Å². The van der Waals surface area contributed by atoms with E-state index in [-0.39, 0.29) is 17.1 Å². The summed E-state index contributed by atoms with van der Waals surface area (Å²) in [4.78, 5) is 27.6. The van der Waals surface area contributed by atoms with Crippen LogP contribution < -0.4 is 4.90 Å². The van der Waals surface area contributed by atoms with Crippen molar-refractivity contribution in [1.82, 2.24) is 19.8 Å². The molecule has 1 aromatic rings. The summed E-state index contributed by atoms with van der Waals surface area (Å²) in [5, 5.41) is 0.185. The molecule has 27 heavy (non-hydrogen) atoms. The number of hydrogen-bond acceptors (Lipinski definition) is 5. The average molecular weight is 456 g/mol. The Kier molecular flexibility index (Phi) is 5.84. The maximum Gasteiger partial charge on any atom is 0.320 e. The Bertz CT molecular complexity index is 679. The number of carbonyl (C=O) groups excluding carboxylic acids is 1. The van der Waals surface area contributed by atoms with E-state index in [0.29, 0.717) is 19.7 Å². The largest absolute Gasteiger partial charge is 0.415 e. The van der Waals surface area contributed by atoms with Gasteiger partial charge in [-0.2, -0.15) is 0 Å². The number of amides is 2. The molecule has 0 bridgehead atoms. The van der Waals surface area contributed by atoms with Gasteiger partial charge in [0.2, 0.25) is 5.95 Å². The monoisotopic (exact) mass is 455 g/mol. The van der Waals surface area contributed by atoms with Crippen LogP contribution in [0.15, 0.2) is 16.9 Å². The SMILES string of the molecule is CC(C)(C)[Si](C)(C)OCCN1CC2CN(c3ncc(Br)cn3)CCN2C1=O. The van der Waals surface area contributed by atoms with Crippen molar-refractivity contribution in [2.45, 2.75) is 44.9 Å². The minimum absolute atomic E-state index is 0.134. The van der Waals surface area contributed by atoms with Crippen molar-refractivity contribution in [3.05, 3.63) is 16.9 Å². The molecule has 7 nitrogen and oxygen atoms in total. The summed E-state index contributed by atoms with van der Waals surface area (Å²) in [5.41, 5.74) is 0. The van der Waals surface area contributed by atoms with Crippen LogP contribution in [0.25, 0.3) is 0 Å². The molecule has 0 N–H and O–H groups in total. The number of carbonyl (C=O) groups is 1. The molecule has 1 atom stereocenters. The van der Waals surface area contributed by atoms with Crippen molar-refractivity contribution in [2.75, 3.05) is 44.2 Å². The van der Waals surface area contributed by atoms with Gasteiger partial charge >= 0.3 is 6.03 Å². The first-order valence-electron chi connectivity index (χ1n) is 9.50. The lowest BCUT2D eigenvalue weighted by atomic mass is 10.2. The van der Waals surface area contributed by atoms with E-state index in [0.717, 1.165) is 30.1 Å². The fourth-order valence-electron chi connectivity index (χ4n) is 3.24. The zero-order valence-electron chi connectivity index (χ0n) is 16.9. The summed E-state index contributed by atoms with van der Waals surface area (Å²) in [6.45, 7) is 15.5. The molecule has 1 unspecified atom stereocenters. The third-order valence-electron chi connectivity index (χ3n) is 5.95. The molecule has 2 fully saturated rings. The van der Waals surface area contributed by atoms with Crippen molar-refractivity contribution in [3.63, 3.8) is 0 Å². The zero-order chi connectivity index (χ0) is 19.8. The number of hydrogen-bond donors (Lipinski definition) is 0. The summed E-state index contributed by atoms with van der Waals surface area (Å²) in [5.74, 6) is 0.727. The molecule has 3 heterocycles. The van der Waals surface area contributed by atoms with Crippen LogP contribution in [0.2, 0.25) is 18.1 Å². The molecule has 0 radical (unpaired) electrons. The van der Waals surface area contributed by atoms with Crippen LogP contribution in [0.1, 0.15) is 20.8 Å². The Morgan fingerprint density at radius 3 is 2.52 bits per heavy atom. The molecule has 0 aliphatic carbocycles. The van der Waals surface area contributed by atoms with Gasteiger partial charge in [-0.1, -0.05) is 20.8 Å². The molecule has 2 aliphatic rings. The summed E-state index contributed by atoms with van der Waals surface area (Å²) in [6, 6.07) is 0.321. The lowest BCUT2D eigenvalue weighted by Crippen LogP contribution is -2.52. The fourth-order valence-corrected chi connectivity index (χ4v) is 4.48. The molecular formula is C18H30BrN5O2Si. The van der Waals surface area contributed by atoms with Crippen LogP contribution in [-0.4, -0.2) is 79.5 Å². The van der Waals surface area contributed by atoms with Crippen LogP contribution in [-0.2, 0) is 4.43 Å². The van der Waals surface area contributed by atoms with E-state index in [4.69, 9.17) is 4.43 Å².